The van der Waals surface area contributed by atoms with E-state index in [0.717, 1.165) is 22.6 Å². The topological polar surface area (TPSA) is 55.1 Å². The maximum absolute atomic E-state index is 12.0. The fourth-order valence-electron chi connectivity index (χ4n) is 1.81. The third-order valence-corrected chi connectivity index (χ3v) is 2.89. The van der Waals surface area contributed by atoms with Gasteiger partial charge < -0.3 is 9.84 Å². The molecule has 0 aliphatic heterocycles. The van der Waals surface area contributed by atoms with Crippen molar-refractivity contribution in [3.05, 3.63) is 52.4 Å². The summed E-state index contributed by atoms with van der Waals surface area (Å²) in [5.41, 5.74) is 3.50. The summed E-state index contributed by atoms with van der Waals surface area (Å²) < 4.78 is 5.05. The minimum atomic E-state index is -0.0845. The molecule has 0 unspecified atom stereocenters. The van der Waals surface area contributed by atoms with E-state index in [2.05, 4.69) is 10.5 Å². The van der Waals surface area contributed by atoms with Gasteiger partial charge in [-0.15, -0.1) is 0 Å². The zero-order chi connectivity index (χ0) is 13.1. The van der Waals surface area contributed by atoms with Gasteiger partial charge in [0.05, 0.1) is 5.69 Å². The molecule has 1 N–H and O–H groups in total. The van der Waals surface area contributed by atoms with Crippen LogP contribution in [-0.4, -0.2) is 11.1 Å². The van der Waals surface area contributed by atoms with E-state index in [-0.39, 0.29) is 5.91 Å². The van der Waals surface area contributed by atoms with Crippen LogP contribution in [0.3, 0.4) is 0 Å². The van der Waals surface area contributed by atoms with Crippen LogP contribution in [0.5, 0.6) is 0 Å². The molecule has 0 radical (unpaired) electrons. The predicted molar refractivity (Wildman–Crippen MR) is 68.3 cm³/mol. The SMILES string of the molecule is Cc1cccc(C(=O)NCc2c(C)noc2C)c1. The fraction of sp³-hybridized carbons (Fsp3) is 0.286. The van der Waals surface area contributed by atoms with Gasteiger partial charge in [-0.1, -0.05) is 22.9 Å². The van der Waals surface area contributed by atoms with E-state index < -0.39 is 0 Å². The molecule has 0 saturated carbocycles. The van der Waals surface area contributed by atoms with Crippen molar-refractivity contribution in [1.29, 1.82) is 0 Å². The molecule has 0 aliphatic carbocycles. The van der Waals surface area contributed by atoms with E-state index in [4.69, 9.17) is 4.52 Å². The monoisotopic (exact) mass is 244 g/mol. The Bertz CT molecular complexity index is 553. The summed E-state index contributed by atoms with van der Waals surface area (Å²) in [5.74, 6) is 0.663. The van der Waals surface area contributed by atoms with Gasteiger partial charge in [-0.3, -0.25) is 4.79 Å². The smallest absolute Gasteiger partial charge is 0.251 e. The Morgan fingerprint density at radius 3 is 2.72 bits per heavy atom. The number of hydrogen-bond donors (Lipinski definition) is 1. The normalized spacial score (nSPS) is 10.4. The van der Waals surface area contributed by atoms with Gasteiger partial charge in [0.15, 0.2) is 0 Å². The molecule has 0 aliphatic rings. The van der Waals surface area contributed by atoms with E-state index in [0.29, 0.717) is 12.1 Å². The lowest BCUT2D eigenvalue weighted by Gasteiger charge is -2.05. The number of carbonyl (C=O) groups is 1. The predicted octanol–water partition coefficient (Wildman–Crippen LogP) is 2.53. The number of nitrogens with one attached hydrogen (secondary N) is 1. The van der Waals surface area contributed by atoms with Crippen LogP contribution in [0.15, 0.2) is 28.8 Å². The molecule has 1 aromatic heterocycles. The van der Waals surface area contributed by atoms with Crippen LogP contribution in [0.1, 0.15) is 32.9 Å². The van der Waals surface area contributed by atoms with Gasteiger partial charge in [0.2, 0.25) is 0 Å². The van der Waals surface area contributed by atoms with Crippen molar-refractivity contribution in [3.8, 4) is 0 Å². The summed E-state index contributed by atoms with van der Waals surface area (Å²) in [6, 6.07) is 7.50. The maximum atomic E-state index is 12.0. The number of carbonyl (C=O) groups excluding carboxylic acids is 1. The number of nitrogens with zero attached hydrogens (tertiary/aromatic N) is 1. The lowest BCUT2D eigenvalue weighted by Crippen LogP contribution is -2.23. The van der Waals surface area contributed by atoms with Crippen LogP contribution >= 0.6 is 0 Å². The molecule has 94 valence electrons. The lowest BCUT2D eigenvalue weighted by atomic mass is 10.1. The van der Waals surface area contributed by atoms with Crippen LogP contribution < -0.4 is 5.32 Å². The van der Waals surface area contributed by atoms with E-state index >= 15 is 0 Å². The number of amides is 1. The summed E-state index contributed by atoms with van der Waals surface area (Å²) in [6.07, 6.45) is 0. The first kappa shape index (κ1) is 12.4. The average Bonchev–Trinajstić information content (AvgIpc) is 2.66. The van der Waals surface area contributed by atoms with E-state index in [9.17, 15) is 4.79 Å². The third kappa shape index (κ3) is 2.59. The Labute approximate surface area is 106 Å². The van der Waals surface area contributed by atoms with Crippen molar-refractivity contribution in [2.24, 2.45) is 0 Å². The zero-order valence-electron chi connectivity index (χ0n) is 10.8. The first-order valence-electron chi connectivity index (χ1n) is 5.84. The van der Waals surface area contributed by atoms with E-state index in [1.54, 1.807) is 6.07 Å². The van der Waals surface area contributed by atoms with Crippen molar-refractivity contribution in [1.82, 2.24) is 10.5 Å². The Balaban J connectivity index is 2.05. The van der Waals surface area contributed by atoms with Gasteiger partial charge in [-0.25, -0.2) is 0 Å². The molecule has 1 aromatic carbocycles. The lowest BCUT2D eigenvalue weighted by molar-refractivity contribution is 0.0950. The van der Waals surface area contributed by atoms with Crippen molar-refractivity contribution in [2.75, 3.05) is 0 Å². The summed E-state index contributed by atoms with van der Waals surface area (Å²) in [6.45, 7) is 6.11. The molecule has 1 amide bonds. The Morgan fingerprint density at radius 2 is 2.11 bits per heavy atom. The van der Waals surface area contributed by atoms with Crippen molar-refractivity contribution < 1.29 is 9.32 Å². The fourth-order valence-corrected chi connectivity index (χ4v) is 1.81. The van der Waals surface area contributed by atoms with Crippen LogP contribution in [0.4, 0.5) is 0 Å². The number of rotatable bonds is 3. The molecule has 0 saturated heterocycles. The average molecular weight is 244 g/mol. The maximum Gasteiger partial charge on any atom is 0.251 e. The Hall–Kier alpha value is -2.10. The second-order valence-electron chi connectivity index (χ2n) is 4.35. The molecule has 0 atom stereocenters. The highest BCUT2D eigenvalue weighted by Crippen LogP contribution is 2.12. The summed E-state index contributed by atoms with van der Waals surface area (Å²) in [7, 11) is 0. The molecule has 0 bridgehead atoms. The second kappa shape index (κ2) is 5.04. The van der Waals surface area contributed by atoms with Gasteiger partial charge >= 0.3 is 0 Å². The molecule has 4 heteroatoms. The summed E-state index contributed by atoms with van der Waals surface area (Å²) in [4.78, 5) is 12.0. The van der Waals surface area contributed by atoms with Gasteiger partial charge in [0.25, 0.3) is 5.91 Å². The summed E-state index contributed by atoms with van der Waals surface area (Å²) in [5, 5.41) is 6.73. The van der Waals surface area contributed by atoms with Gasteiger partial charge in [0.1, 0.15) is 5.76 Å². The van der Waals surface area contributed by atoms with Crippen LogP contribution in [0.2, 0.25) is 0 Å². The summed E-state index contributed by atoms with van der Waals surface area (Å²) >= 11 is 0. The van der Waals surface area contributed by atoms with Crippen molar-refractivity contribution >= 4 is 5.91 Å². The Kier molecular flexibility index (Phi) is 3.46. The molecule has 18 heavy (non-hydrogen) atoms. The molecule has 0 spiro atoms. The highest BCUT2D eigenvalue weighted by atomic mass is 16.5. The molecule has 2 aromatic rings. The largest absolute Gasteiger partial charge is 0.361 e. The highest BCUT2D eigenvalue weighted by Gasteiger charge is 2.11. The third-order valence-electron chi connectivity index (χ3n) is 2.89. The standard InChI is InChI=1S/C14H16N2O2/c1-9-5-4-6-12(7-9)14(17)15-8-13-10(2)16-18-11(13)3/h4-7H,8H2,1-3H3,(H,15,17). The van der Waals surface area contributed by atoms with Crippen LogP contribution in [-0.2, 0) is 6.54 Å². The van der Waals surface area contributed by atoms with E-state index in [1.165, 1.54) is 0 Å². The molecular formula is C14H16N2O2. The molecule has 2 rings (SSSR count). The van der Waals surface area contributed by atoms with Crippen molar-refractivity contribution in [2.45, 2.75) is 27.3 Å². The van der Waals surface area contributed by atoms with Gasteiger partial charge in [-0.2, -0.15) is 0 Å². The number of benzene rings is 1. The molecule has 4 nitrogen and oxygen atoms in total. The minimum absolute atomic E-state index is 0.0845. The number of aromatic nitrogens is 1. The number of hydrogen-bond acceptors (Lipinski definition) is 3. The first-order chi connectivity index (χ1) is 8.58. The highest BCUT2D eigenvalue weighted by molar-refractivity contribution is 5.94. The van der Waals surface area contributed by atoms with Gasteiger partial charge in [-0.05, 0) is 32.9 Å². The van der Waals surface area contributed by atoms with Gasteiger partial charge in [0, 0.05) is 17.7 Å². The van der Waals surface area contributed by atoms with Crippen molar-refractivity contribution in [3.63, 3.8) is 0 Å². The molecular weight excluding hydrogens is 228 g/mol. The first-order valence-corrected chi connectivity index (χ1v) is 5.84. The number of aryl methyl sites for hydroxylation is 3. The second-order valence-corrected chi connectivity index (χ2v) is 4.35. The molecule has 0 fully saturated rings. The molecule has 1 heterocycles. The Morgan fingerprint density at radius 1 is 1.33 bits per heavy atom. The van der Waals surface area contributed by atoms with Crippen LogP contribution in [0, 0.1) is 20.8 Å². The zero-order valence-corrected chi connectivity index (χ0v) is 10.8. The van der Waals surface area contributed by atoms with Crippen LogP contribution in [0.25, 0.3) is 0 Å². The minimum Gasteiger partial charge on any atom is -0.361 e. The quantitative estimate of drug-likeness (QED) is 0.902. The van der Waals surface area contributed by atoms with E-state index in [1.807, 2.05) is 39.0 Å².